The van der Waals surface area contributed by atoms with Crippen molar-refractivity contribution in [1.82, 2.24) is 0 Å². The summed E-state index contributed by atoms with van der Waals surface area (Å²) in [5.41, 5.74) is 2.69. The van der Waals surface area contributed by atoms with Gasteiger partial charge in [0.2, 0.25) is 0 Å². The SMILES string of the molecule is CC12OPOC1c1cc(C#N)ccc12. The van der Waals surface area contributed by atoms with E-state index in [1.54, 1.807) is 0 Å². The van der Waals surface area contributed by atoms with E-state index in [4.69, 9.17) is 14.3 Å². The molecule has 3 nitrogen and oxygen atoms in total. The number of rotatable bonds is 0. The number of hydrogen-bond acceptors (Lipinski definition) is 3. The summed E-state index contributed by atoms with van der Waals surface area (Å²) in [7, 11) is 0.114. The molecule has 1 heterocycles. The van der Waals surface area contributed by atoms with Crippen molar-refractivity contribution in [2.45, 2.75) is 18.6 Å². The molecule has 0 amide bonds. The Hall–Kier alpha value is -0.940. The molecule has 0 N–H and O–H groups in total. The van der Waals surface area contributed by atoms with E-state index in [0.717, 1.165) is 11.1 Å². The van der Waals surface area contributed by atoms with Crippen molar-refractivity contribution in [2.24, 2.45) is 0 Å². The third-order valence-corrected chi connectivity index (χ3v) is 3.76. The van der Waals surface area contributed by atoms with Crippen molar-refractivity contribution in [3.63, 3.8) is 0 Å². The third kappa shape index (κ3) is 0.815. The van der Waals surface area contributed by atoms with E-state index in [0.29, 0.717) is 5.56 Å². The van der Waals surface area contributed by atoms with Crippen LogP contribution in [0, 0.1) is 11.3 Å². The van der Waals surface area contributed by atoms with Crippen LogP contribution in [0.4, 0.5) is 0 Å². The van der Waals surface area contributed by atoms with Gasteiger partial charge in [0, 0.05) is 0 Å². The van der Waals surface area contributed by atoms with Gasteiger partial charge >= 0.3 is 0 Å². The quantitative estimate of drug-likeness (QED) is 0.610. The molecule has 1 aromatic carbocycles. The Balaban J connectivity index is 2.15. The summed E-state index contributed by atoms with van der Waals surface area (Å²) in [4.78, 5) is 0. The lowest BCUT2D eigenvalue weighted by atomic mass is 9.71. The van der Waals surface area contributed by atoms with E-state index >= 15 is 0 Å². The average molecular weight is 205 g/mol. The summed E-state index contributed by atoms with van der Waals surface area (Å²) in [5, 5.41) is 8.76. The molecule has 3 unspecified atom stereocenters. The molecule has 4 heteroatoms. The summed E-state index contributed by atoms with van der Waals surface area (Å²) < 4.78 is 11.0. The Morgan fingerprint density at radius 1 is 1.57 bits per heavy atom. The zero-order valence-corrected chi connectivity index (χ0v) is 8.57. The lowest BCUT2D eigenvalue weighted by Crippen LogP contribution is -2.38. The minimum Gasteiger partial charge on any atom is -0.325 e. The smallest absolute Gasteiger partial charge is 0.156 e. The largest absolute Gasteiger partial charge is 0.325 e. The molecule has 1 aliphatic heterocycles. The highest BCUT2D eigenvalue weighted by atomic mass is 31.1. The van der Waals surface area contributed by atoms with Crippen LogP contribution < -0.4 is 0 Å². The van der Waals surface area contributed by atoms with Gasteiger partial charge in [-0.15, -0.1) is 0 Å². The van der Waals surface area contributed by atoms with Crippen LogP contribution in [0.3, 0.4) is 0 Å². The third-order valence-electron chi connectivity index (χ3n) is 2.92. The molecule has 0 radical (unpaired) electrons. The maximum atomic E-state index is 8.76. The Morgan fingerprint density at radius 3 is 3.21 bits per heavy atom. The van der Waals surface area contributed by atoms with E-state index in [9.17, 15) is 0 Å². The summed E-state index contributed by atoms with van der Waals surface area (Å²) >= 11 is 0. The van der Waals surface area contributed by atoms with Crippen LogP contribution >= 0.6 is 9.03 Å². The molecule has 70 valence electrons. The predicted molar refractivity (Wildman–Crippen MR) is 51.7 cm³/mol. The van der Waals surface area contributed by atoms with Crippen molar-refractivity contribution in [2.75, 3.05) is 0 Å². The molecule has 0 bridgehead atoms. The summed E-state index contributed by atoms with van der Waals surface area (Å²) in [6.45, 7) is 2.03. The van der Waals surface area contributed by atoms with Crippen LogP contribution in [0.25, 0.3) is 0 Å². The van der Waals surface area contributed by atoms with Crippen molar-refractivity contribution in [3.05, 3.63) is 34.9 Å². The van der Waals surface area contributed by atoms with Crippen molar-refractivity contribution >= 4 is 9.03 Å². The predicted octanol–water partition coefficient (Wildman–Crippen LogP) is 2.38. The van der Waals surface area contributed by atoms with Gasteiger partial charge in [0.05, 0.1) is 11.6 Å². The summed E-state index contributed by atoms with van der Waals surface area (Å²) in [6, 6.07) is 7.80. The lowest BCUT2D eigenvalue weighted by Gasteiger charge is -2.40. The van der Waals surface area contributed by atoms with Gasteiger partial charge in [-0.3, -0.25) is 0 Å². The number of nitriles is 1. The van der Waals surface area contributed by atoms with Crippen molar-refractivity contribution < 1.29 is 9.05 Å². The van der Waals surface area contributed by atoms with Crippen molar-refractivity contribution in [1.29, 1.82) is 5.26 Å². The van der Waals surface area contributed by atoms with Gasteiger partial charge < -0.3 is 9.05 Å². The first kappa shape index (κ1) is 8.38. The van der Waals surface area contributed by atoms with E-state index in [1.807, 2.05) is 25.1 Å². The minimum atomic E-state index is -0.262. The Bertz CT molecular complexity index is 454. The highest BCUT2D eigenvalue weighted by Crippen LogP contribution is 2.62. The topological polar surface area (TPSA) is 42.2 Å². The van der Waals surface area contributed by atoms with Gasteiger partial charge in [-0.1, -0.05) is 6.07 Å². The number of nitrogens with zero attached hydrogens (tertiary/aromatic N) is 1. The highest BCUT2D eigenvalue weighted by Gasteiger charge is 2.54. The molecule has 0 saturated carbocycles. The van der Waals surface area contributed by atoms with E-state index in [1.165, 1.54) is 0 Å². The molecule has 1 saturated heterocycles. The first-order valence-electron chi connectivity index (χ1n) is 4.39. The van der Waals surface area contributed by atoms with Crippen LogP contribution in [0.1, 0.15) is 29.7 Å². The number of hydrogen-bond donors (Lipinski definition) is 0. The standard InChI is InChI=1S/C10H8NO2P/c1-10-8-3-2-6(5-11)4-7(8)9(10)12-14-13-10/h2-4,9,14H,1H3. The maximum absolute atomic E-state index is 8.76. The lowest BCUT2D eigenvalue weighted by molar-refractivity contribution is 0.0158. The Labute approximate surface area is 83.6 Å². The second-order valence-corrected chi connectivity index (χ2v) is 4.31. The van der Waals surface area contributed by atoms with Crippen LogP contribution in [0.5, 0.6) is 0 Å². The van der Waals surface area contributed by atoms with Gasteiger partial charge in [0.1, 0.15) is 11.7 Å². The van der Waals surface area contributed by atoms with Crippen molar-refractivity contribution in [3.8, 4) is 6.07 Å². The Kier molecular flexibility index (Phi) is 1.52. The minimum absolute atomic E-state index is 0.0316. The normalized spacial score (nSPS) is 34.4. The monoisotopic (exact) mass is 205 g/mol. The second-order valence-electron chi connectivity index (χ2n) is 3.70. The molecular weight excluding hydrogens is 197 g/mol. The fourth-order valence-corrected chi connectivity index (χ4v) is 2.99. The molecular formula is C10H8NO2P. The fourth-order valence-electron chi connectivity index (χ4n) is 2.10. The fraction of sp³-hybridized carbons (Fsp3) is 0.300. The first-order chi connectivity index (χ1) is 6.75. The van der Waals surface area contributed by atoms with Gasteiger partial charge in [-0.25, -0.2) is 0 Å². The van der Waals surface area contributed by atoms with Gasteiger partial charge in [-0.2, -0.15) is 5.26 Å². The molecule has 0 spiro atoms. The van der Waals surface area contributed by atoms with Crippen LogP contribution in [-0.2, 0) is 14.6 Å². The molecule has 3 rings (SSSR count). The molecule has 1 fully saturated rings. The zero-order valence-electron chi connectivity index (χ0n) is 7.57. The highest BCUT2D eigenvalue weighted by molar-refractivity contribution is 7.26. The van der Waals surface area contributed by atoms with Gasteiger partial charge in [-0.05, 0) is 30.2 Å². The first-order valence-corrected chi connectivity index (χ1v) is 5.20. The average Bonchev–Trinajstić information content (AvgIpc) is 2.54. The van der Waals surface area contributed by atoms with Crippen LogP contribution in [0.2, 0.25) is 0 Å². The molecule has 1 aliphatic carbocycles. The zero-order chi connectivity index (χ0) is 9.76. The molecule has 2 aliphatic rings. The molecule has 1 aromatic rings. The van der Waals surface area contributed by atoms with E-state index in [-0.39, 0.29) is 20.7 Å². The second kappa shape index (κ2) is 2.55. The van der Waals surface area contributed by atoms with Gasteiger partial charge in [0.15, 0.2) is 9.03 Å². The summed E-state index contributed by atoms with van der Waals surface area (Å²) in [5.74, 6) is 0. The maximum Gasteiger partial charge on any atom is 0.156 e. The van der Waals surface area contributed by atoms with E-state index < -0.39 is 0 Å². The van der Waals surface area contributed by atoms with Gasteiger partial charge in [0.25, 0.3) is 0 Å². The number of benzene rings is 1. The van der Waals surface area contributed by atoms with Crippen LogP contribution in [-0.4, -0.2) is 0 Å². The van der Waals surface area contributed by atoms with E-state index in [2.05, 4.69) is 6.07 Å². The molecule has 0 aromatic heterocycles. The van der Waals surface area contributed by atoms with Crippen LogP contribution in [0.15, 0.2) is 18.2 Å². The summed E-state index contributed by atoms with van der Waals surface area (Å²) in [6.07, 6.45) is 0.0316. The number of fused-ring (bicyclic) bond motifs is 4. The molecule has 14 heavy (non-hydrogen) atoms. The Morgan fingerprint density at radius 2 is 2.43 bits per heavy atom. The molecule has 3 atom stereocenters.